The number of aryl methyl sites for hydroxylation is 1. The van der Waals surface area contributed by atoms with Gasteiger partial charge in [0.2, 0.25) is 5.91 Å². The van der Waals surface area contributed by atoms with Gasteiger partial charge in [-0.15, -0.1) is 11.3 Å². The zero-order valence-electron chi connectivity index (χ0n) is 16.5. The number of carbonyl (C=O) groups excluding carboxylic acids is 1. The van der Waals surface area contributed by atoms with Crippen LogP contribution < -0.4 is 5.32 Å². The van der Waals surface area contributed by atoms with Crippen LogP contribution in [0.25, 0.3) is 10.9 Å². The Balaban J connectivity index is 1.50. The molecule has 0 atom stereocenters. The van der Waals surface area contributed by atoms with Gasteiger partial charge < -0.3 is 5.32 Å². The molecule has 0 aliphatic rings. The van der Waals surface area contributed by atoms with E-state index in [1.807, 2.05) is 42.6 Å². The minimum absolute atomic E-state index is 0.0103. The maximum Gasteiger partial charge on any atom is 0.268 e. The van der Waals surface area contributed by atoms with Crippen molar-refractivity contribution in [1.82, 2.24) is 9.29 Å². The van der Waals surface area contributed by atoms with Crippen LogP contribution in [0.1, 0.15) is 16.0 Å². The molecular formula is C23H22N2O3S2. The Morgan fingerprint density at radius 2 is 1.87 bits per heavy atom. The predicted octanol–water partition coefficient (Wildman–Crippen LogP) is 4.15. The number of thiophene rings is 1. The van der Waals surface area contributed by atoms with E-state index in [-0.39, 0.29) is 10.8 Å². The minimum atomic E-state index is -3.67. The summed E-state index contributed by atoms with van der Waals surface area (Å²) in [6.07, 6.45) is 2.60. The van der Waals surface area contributed by atoms with Gasteiger partial charge in [-0.3, -0.25) is 4.79 Å². The Bertz CT molecular complexity index is 1270. The number of rotatable bonds is 7. The number of nitrogens with one attached hydrogen (secondary N) is 1. The second-order valence-corrected chi connectivity index (χ2v) is 10.0. The SMILES string of the molecule is Cc1ccc(S(=O)(=O)n2ccc3ccc(CCNC(=O)Cc4cccs4)cc32)cc1. The van der Waals surface area contributed by atoms with Gasteiger partial charge in [-0.05, 0) is 54.6 Å². The van der Waals surface area contributed by atoms with Gasteiger partial charge in [-0.2, -0.15) is 0 Å². The summed E-state index contributed by atoms with van der Waals surface area (Å²) < 4.78 is 27.5. The third kappa shape index (κ3) is 4.32. The highest BCUT2D eigenvalue weighted by Crippen LogP contribution is 2.23. The van der Waals surface area contributed by atoms with E-state index >= 15 is 0 Å². The standard InChI is InChI=1S/C23H22N2O3S2/c1-17-4-8-21(9-5-17)30(27,28)25-13-11-19-7-6-18(15-22(19)25)10-12-24-23(26)16-20-3-2-14-29-20/h2-9,11,13-15H,10,12,16H2,1H3,(H,24,26). The second kappa shape index (κ2) is 8.45. The number of benzene rings is 2. The molecule has 30 heavy (non-hydrogen) atoms. The van der Waals surface area contributed by atoms with Crippen LogP contribution in [-0.4, -0.2) is 24.8 Å². The molecule has 1 amide bonds. The Kier molecular flexibility index (Phi) is 5.74. The van der Waals surface area contributed by atoms with Gasteiger partial charge >= 0.3 is 0 Å². The van der Waals surface area contributed by atoms with Crippen molar-refractivity contribution in [1.29, 1.82) is 0 Å². The highest BCUT2D eigenvalue weighted by atomic mass is 32.2. The number of hydrogen-bond donors (Lipinski definition) is 1. The normalized spacial score (nSPS) is 11.6. The lowest BCUT2D eigenvalue weighted by Crippen LogP contribution is -2.26. The van der Waals surface area contributed by atoms with Crippen molar-refractivity contribution in [2.24, 2.45) is 0 Å². The van der Waals surface area contributed by atoms with Gasteiger partial charge in [0.15, 0.2) is 0 Å². The first-order chi connectivity index (χ1) is 14.4. The molecule has 7 heteroatoms. The van der Waals surface area contributed by atoms with Crippen LogP contribution in [0.2, 0.25) is 0 Å². The summed E-state index contributed by atoms with van der Waals surface area (Å²) in [7, 11) is -3.67. The Hall–Kier alpha value is -2.90. The highest BCUT2D eigenvalue weighted by Gasteiger charge is 2.18. The zero-order chi connectivity index (χ0) is 21.1. The molecule has 1 N–H and O–H groups in total. The summed E-state index contributed by atoms with van der Waals surface area (Å²) in [5.74, 6) is -0.0103. The molecule has 0 unspecified atom stereocenters. The molecule has 4 rings (SSSR count). The molecular weight excluding hydrogens is 416 g/mol. The van der Waals surface area contributed by atoms with Gasteiger partial charge in [0.05, 0.1) is 16.8 Å². The Morgan fingerprint density at radius 3 is 2.60 bits per heavy atom. The van der Waals surface area contributed by atoms with Gasteiger partial charge in [0.25, 0.3) is 10.0 Å². The summed E-state index contributed by atoms with van der Waals surface area (Å²) in [6.45, 7) is 2.42. The zero-order valence-corrected chi connectivity index (χ0v) is 18.2. The van der Waals surface area contributed by atoms with E-state index in [0.29, 0.717) is 24.9 Å². The number of fused-ring (bicyclic) bond motifs is 1. The Labute approximate surface area is 180 Å². The van der Waals surface area contributed by atoms with E-state index in [1.54, 1.807) is 47.9 Å². The van der Waals surface area contributed by atoms with E-state index in [1.165, 1.54) is 3.97 Å². The molecule has 2 heterocycles. The molecule has 0 radical (unpaired) electrons. The molecule has 4 aromatic rings. The van der Waals surface area contributed by atoms with E-state index in [9.17, 15) is 13.2 Å². The van der Waals surface area contributed by atoms with Crippen LogP contribution in [0, 0.1) is 6.92 Å². The molecule has 5 nitrogen and oxygen atoms in total. The fourth-order valence-electron chi connectivity index (χ4n) is 3.32. The molecule has 154 valence electrons. The summed E-state index contributed by atoms with van der Waals surface area (Å²) >= 11 is 1.57. The van der Waals surface area contributed by atoms with Crippen molar-refractivity contribution in [3.63, 3.8) is 0 Å². The van der Waals surface area contributed by atoms with E-state index < -0.39 is 10.0 Å². The van der Waals surface area contributed by atoms with Crippen molar-refractivity contribution in [2.45, 2.75) is 24.7 Å². The molecule has 0 saturated heterocycles. The van der Waals surface area contributed by atoms with Crippen LogP contribution >= 0.6 is 11.3 Å². The molecule has 0 fully saturated rings. The molecule has 2 aromatic carbocycles. The average molecular weight is 439 g/mol. The average Bonchev–Trinajstić information content (AvgIpc) is 3.38. The Morgan fingerprint density at radius 1 is 1.07 bits per heavy atom. The number of amides is 1. The first-order valence-corrected chi connectivity index (χ1v) is 12.0. The molecule has 0 aliphatic carbocycles. The fourth-order valence-corrected chi connectivity index (χ4v) is 5.37. The predicted molar refractivity (Wildman–Crippen MR) is 120 cm³/mol. The lowest BCUT2D eigenvalue weighted by molar-refractivity contribution is -0.120. The lowest BCUT2D eigenvalue weighted by atomic mass is 10.1. The molecule has 2 aromatic heterocycles. The van der Waals surface area contributed by atoms with Crippen LogP contribution in [0.4, 0.5) is 0 Å². The van der Waals surface area contributed by atoms with Crippen LogP contribution in [0.3, 0.4) is 0 Å². The first-order valence-electron chi connectivity index (χ1n) is 9.65. The fraction of sp³-hybridized carbons (Fsp3) is 0.174. The summed E-state index contributed by atoms with van der Waals surface area (Å²) in [5, 5.41) is 5.74. The molecule has 0 saturated carbocycles. The maximum atomic E-state index is 13.1. The topological polar surface area (TPSA) is 68.2 Å². The number of aromatic nitrogens is 1. The monoisotopic (exact) mass is 438 g/mol. The molecule has 0 aliphatic heterocycles. The molecule has 0 bridgehead atoms. The minimum Gasteiger partial charge on any atom is -0.355 e. The number of carbonyl (C=O) groups is 1. The van der Waals surface area contributed by atoms with E-state index in [4.69, 9.17) is 0 Å². The van der Waals surface area contributed by atoms with Crippen molar-refractivity contribution in [3.8, 4) is 0 Å². The van der Waals surface area contributed by atoms with Crippen LogP contribution in [-0.2, 0) is 27.7 Å². The molecule has 0 spiro atoms. The number of hydrogen-bond acceptors (Lipinski definition) is 4. The quantitative estimate of drug-likeness (QED) is 0.471. The van der Waals surface area contributed by atoms with Crippen molar-refractivity contribution in [3.05, 3.63) is 88.2 Å². The first kappa shape index (κ1) is 20.4. The smallest absolute Gasteiger partial charge is 0.268 e. The van der Waals surface area contributed by atoms with Crippen molar-refractivity contribution < 1.29 is 13.2 Å². The summed E-state index contributed by atoms with van der Waals surface area (Å²) in [5.41, 5.74) is 2.62. The van der Waals surface area contributed by atoms with Crippen LogP contribution in [0.15, 0.2) is 77.1 Å². The van der Waals surface area contributed by atoms with Crippen LogP contribution in [0.5, 0.6) is 0 Å². The van der Waals surface area contributed by atoms with Crippen molar-refractivity contribution >= 4 is 38.2 Å². The largest absolute Gasteiger partial charge is 0.355 e. The third-order valence-corrected chi connectivity index (χ3v) is 7.53. The van der Waals surface area contributed by atoms with Gasteiger partial charge in [0, 0.05) is 23.0 Å². The maximum absolute atomic E-state index is 13.1. The van der Waals surface area contributed by atoms with Gasteiger partial charge in [-0.1, -0.05) is 35.9 Å². The second-order valence-electron chi connectivity index (χ2n) is 7.18. The van der Waals surface area contributed by atoms with Crippen molar-refractivity contribution in [2.75, 3.05) is 6.54 Å². The number of nitrogens with zero attached hydrogens (tertiary/aromatic N) is 1. The summed E-state index contributed by atoms with van der Waals surface area (Å²) in [4.78, 5) is 13.3. The third-order valence-electron chi connectivity index (χ3n) is 4.95. The van der Waals surface area contributed by atoms with E-state index in [0.717, 1.165) is 21.4 Å². The summed E-state index contributed by atoms with van der Waals surface area (Å²) in [6, 6.07) is 18.3. The van der Waals surface area contributed by atoms with Gasteiger partial charge in [0.1, 0.15) is 0 Å². The highest BCUT2D eigenvalue weighted by molar-refractivity contribution is 7.90. The van der Waals surface area contributed by atoms with E-state index in [2.05, 4.69) is 5.32 Å². The lowest BCUT2D eigenvalue weighted by Gasteiger charge is -2.09. The van der Waals surface area contributed by atoms with Gasteiger partial charge in [-0.25, -0.2) is 12.4 Å².